The average Bonchev–Trinajstić information content (AvgIpc) is 3.05. The molecular formula is C15H16N2OS2. The fraction of sp³-hybridized carbons (Fsp3) is 0.400. The molecule has 1 heterocycles. The van der Waals surface area contributed by atoms with E-state index in [4.69, 9.17) is 0 Å². The van der Waals surface area contributed by atoms with E-state index in [1.165, 1.54) is 40.6 Å². The first-order chi connectivity index (χ1) is 9.63. The number of nitrogens with zero attached hydrogens (tertiary/aromatic N) is 2. The summed E-state index contributed by atoms with van der Waals surface area (Å²) in [5, 5.41) is 8.87. The second-order valence-corrected chi connectivity index (χ2v) is 7.82. The summed E-state index contributed by atoms with van der Waals surface area (Å²) in [5.74, 6) is 0.178. The Morgan fingerprint density at radius 2 is 2.10 bits per heavy atom. The number of hydrogen-bond acceptors (Lipinski definition) is 5. The van der Waals surface area contributed by atoms with Crippen LogP contribution in [0, 0.1) is 6.92 Å². The standard InChI is InChI=1S/C15H16N2OS2/c1-9(19-15-17-16-10(2)20-15)14(18)13-7-6-11-4-3-5-12(11)8-13/h6-9H,3-5H2,1-2H3/t9-/m1/s1. The number of carbonyl (C=O) groups is 1. The molecule has 1 aromatic heterocycles. The molecule has 0 saturated heterocycles. The van der Waals surface area contributed by atoms with Crippen molar-refractivity contribution in [2.45, 2.75) is 42.7 Å². The maximum atomic E-state index is 12.5. The molecule has 0 spiro atoms. The predicted molar refractivity (Wildman–Crippen MR) is 82.8 cm³/mol. The van der Waals surface area contributed by atoms with Gasteiger partial charge in [0, 0.05) is 5.56 Å². The van der Waals surface area contributed by atoms with Crippen molar-refractivity contribution in [2.24, 2.45) is 0 Å². The van der Waals surface area contributed by atoms with Crippen molar-refractivity contribution >= 4 is 28.9 Å². The molecular weight excluding hydrogens is 288 g/mol. The van der Waals surface area contributed by atoms with Gasteiger partial charge < -0.3 is 0 Å². The average molecular weight is 304 g/mol. The van der Waals surface area contributed by atoms with E-state index in [1.54, 1.807) is 0 Å². The molecule has 1 aliphatic rings. The number of aryl methyl sites for hydroxylation is 3. The van der Waals surface area contributed by atoms with E-state index in [0.29, 0.717) is 0 Å². The van der Waals surface area contributed by atoms with E-state index in [9.17, 15) is 4.79 Å². The number of benzene rings is 1. The second kappa shape index (κ2) is 5.66. The highest BCUT2D eigenvalue weighted by Gasteiger charge is 2.20. The molecule has 1 aromatic carbocycles. The van der Waals surface area contributed by atoms with Gasteiger partial charge in [0.05, 0.1) is 5.25 Å². The topological polar surface area (TPSA) is 42.9 Å². The van der Waals surface area contributed by atoms with Gasteiger partial charge in [-0.15, -0.1) is 10.2 Å². The quantitative estimate of drug-likeness (QED) is 0.638. The van der Waals surface area contributed by atoms with Crippen molar-refractivity contribution in [3.63, 3.8) is 0 Å². The highest BCUT2D eigenvalue weighted by Crippen LogP contribution is 2.29. The fourth-order valence-electron chi connectivity index (χ4n) is 2.49. The lowest BCUT2D eigenvalue weighted by Gasteiger charge is -2.09. The third-order valence-electron chi connectivity index (χ3n) is 3.54. The normalized spacial score (nSPS) is 15.1. The SMILES string of the molecule is Cc1nnc(S[C@H](C)C(=O)c2ccc3c(c2)CCC3)s1. The van der Waals surface area contributed by atoms with Crippen LogP contribution < -0.4 is 0 Å². The van der Waals surface area contributed by atoms with Crippen LogP contribution in [0.25, 0.3) is 0 Å². The summed E-state index contributed by atoms with van der Waals surface area (Å²) in [6, 6.07) is 6.16. The van der Waals surface area contributed by atoms with Crippen molar-refractivity contribution in [3.05, 3.63) is 39.9 Å². The Kier molecular flexibility index (Phi) is 3.89. The molecule has 20 heavy (non-hydrogen) atoms. The molecule has 1 aliphatic carbocycles. The van der Waals surface area contributed by atoms with Crippen LogP contribution in [0.15, 0.2) is 22.5 Å². The minimum absolute atomic E-state index is 0.123. The minimum atomic E-state index is -0.123. The zero-order valence-corrected chi connectivity index (χ0v) is 13.2. The smallest absolute Gasteiger partial charge is 0.175 e. The Bertz CT molecular complexity index is 651. The van der Waals surface area contributed by atoms with E-state index in [0.717, 1.165) is 27.8 Å². The van der Waals surface area contributed by atoms with Gasteiger partial charge in [-0.1, -0.05) is 35.2 Å². The molecule has 3 nitrogen and oxygen atoms in total. The lowest BCUT2D eigenvalue weighted by atomic mass is 10.0. The Hall–Kier alpha value is -1.20. The first-order valence-corrected chi connectivity index (χ1v) is 8.46. The van der Waals surface area contributed by atoms with Gasteiger partial charge >= 0.3 is 0 Å². The van der Waals surface area contributed by atoms with Crippen LogP contribution in [-0.2, 0) is 12.8 Å². The zero-order valence-electron chi connectivity index (χ0n) is 11.5. The maximum absolute atomic E-state index is 12.5. The van der Waals surface area contributed by atoms with Crippen LogP contribution in [0.3, 0.4) is 0 Å². The molecule has 2 aromatic rings. The first-order valence-electron chi connectivity index (χ1n) is 6.76. The largest absolute Gasteiger partial charge is 0.293 e. The Balaban J connectivity index is 1.74. The van der Waals surface area contributed by atoms with Gasteiger partial charge in [-0.2, -0.15) is 0 Å². The van der Waals surface area contributed by atoms with Crippen molar-refractivity contribution in [2.75, 3.05) is 0 Å². The molecule has 5 heteroatoms. The van der Waals surface area contributed by atoms with Gasteiger partial charge in [-0.05, 0) is 50.3 Å². The third-order valence-corrected chi connectivity index (χ3v) is 5.56. The van der Waals surface area contributed by atoms with E-state index in [2.05, 4.69) is 22.3 Å². The molecule has 0 bridgehead atoms. The number of Topliss-reactive ketones (excluding diaryl/α,β-unsaturated/α-hetero) is 1. The van der Waals surface area contributed by atoms with Crippen LogP contribution in [0.2, 0.25) is 0 Å². The van der Waals surface area contributed by atoms with Gasteiger partial charge in [0.1, 0.15) is 5.01 Å². The van der Waals surface area contributed by atoms with Crippen molar-refractivity contribution in [1.29, 1.82) is 0 Å². The number of hydrogen-bond donors (Lipinski definition) is 0. The van der Waals surface area contributed by atoms with Gasteiger partial charge in [0.2, 0.25) is 0 Å². The van der Waals surface area contributed by atoms with Gasteiger partial charge in [-0.25, -0.2) is 0 Å². The molecule has 104 valence electrons. The first kappa shape index (κ1) is 13.8. The molecule has 0 saturated carbocycles. The molecule has 0 aliphatic heterocycles. The monoisotopic (exact) mass is 304 g/mol. The Labute approximate surface area is 126 Å². The molecule has 1 atom stereocenters. The van der Waals surface area contributed by atoms with E-state index < -0.39 is 0 Å². The number of carbonyl (C=O) groups excluding carboxylic acids is 1. The Morgan fingerprint density at radius 1 is 1.30 bits per heavy atom. The highest BCUT2D eigenvalue weighted by atomic mass is 32.2. The summed E-state index contributed by atoms with van der Waals surface area (Å²) >= 11 is 3.03. The molecule has 0 fully saturated rings. The summed E-state index contributed by atoms with van der Waals surface area (Å²) in [4.78, 5) is 12.5. The third kappa shape index (κ3) is 2.79. The number of rotatable bonds is 4. The molecule has 0 radical (unpaired) electrons. The van der Waals surface area contributed by atoms with Crippen LogP contribution in [0.1, 0.15) is 39.8 Å². The lowest BCUT2D eigenvalue weighted by Crippen LogP contribution is -2.13. The van der Waals surface area contributed by atoms with Crippen LogP contribution in [-0.4, -0.2) is 21.2 Å². The predicted octanol–water partition coefficient (Wildman–Crippen LogP) is 3.70. The van der Waals surface area contributed by atoms with Gasteiger partial charge in [0.25, 0.3) is 0 Å². The Morgan fingerprint density at radius 3 is 2.85 bits per heavy atom. The lowest BCUT2D eigenvalue weighted by molar-refractivity contribution is 0.0994. The molecule has 0 N–H and O–H groups in total. The van der Waals surface area contributed by atoms with Crippen LogP contribution in [0.4, 0.5) is 0 Å². The summed E-state index contributed by atoms with van der Waals surface area (Å²) in [6.45, 7) is 3.87. The van der Waals surface area contributed by atoms with Crippen molar-refractivity contribution in [3.8, 4) is 0 Å². The second-order valence-electron chi connectivity index (χ2n) is 5.05. The highest BCUT2D eigenvalue weighted by molar-refractivity contribution is 8.02. The molecule has 0 amide bonds. The number of aromatic nitrogens is 2. The van der Waals surface area contributed by atoms with Crippen molar-refractivity contribution < 1.29 is 4.79 Å². The van der Waals surface area contributed by atoms with Crippen LogP contribution in [0.5, 0.6) is 0 Å². The number of thioether (sulfide) groups is 1. The van der Waals surface area contributed by atoms with E-state index >= 15 is 0 Å². The summed E-state index contributed by atoms with van der Waals surface area (Å²) in [6.07, 6.45) is 3.47. The van der Waals surface area contributed by atoms with E-state index in [1.807, 2.05) is 19.9 Å². The fourth-order valence-corrected chi connectivity index (χ4v) is 4.53. The minimum Gasteiger partial charge on any atom is -0.293 e. The maximum Gasteiger partial charge on any atom is 0.175 e. The van der Waals surface area contributed by atoms with Crippen LogP contribution >= 0.6 is 23.1 Å². The summed E-state index contributed by atoms with van der Waals surface area (Å²) < 4.78 is 0.865. The van der Waals surface area contributed by atoms with E-state index in [-0.39, 0.29) is 11.0 Å². The number of fused-ring (bicyclic) bond motifs is 1. The van der Waals surface area contributed by atoms with Crippen molar-refractivity contribution in [1.82, 2.24) is 10.2 Å². The van der Waals surface area contributed by atoms with Gasteiger partial charge in [-0.3, -0.25) is 4.79 Å². The number of ketones is 1. The van der Waals surface area contributed by atoms with Gasteiger partial charge in [0.15, 0.2) is 10.1 Å². The molecule has 0 unspecified atom stereocenters. The summed E-state index contributed by atoms with van der Waals surface area (Å²) in [7, 11) is 0. The summed E-state index contributed by atoms with van der Waals surface area (Å²) in [5.41, 5.74) is 3.58. The molecule has 3 rings (SSSR count). The zero-order chi connectivity index (χ0) is 14.1.